The number of nitrogens with one attached hydrogen (secondary N) is 3. The van der Waals surface area contributed by atoms with Crippen LogP contribution in [-0.2, 0) is 12.3 Å². The molecule has 2 aromatic carbocycles. The van der Waals surface area contributed by atoms with Gasteiger partial charge in [0.05, 0.1) is 0 Å². The molecule has 0 atom stereocenters. The maximum absolute atomic E-state index is 12.2. The van der Waals surface area contributed by atoms with Crippen LogP contribution in [-0.4, -0.2) is 30.3 Å². The molecule has 0 spiro atoms. The Balaban J connectivity index is 1.66. The van der Waals surface area contributed by atoms with Crippen LogP contribution in [0.5, 0.6) is 0 Å². The van der Waals surface area contributed by atoms with Gasteiger partial charge in [0, 0.05) is 36.2 Å². The van der Waals surface area contributed by atoms with Crippen molar-refractivity contribution in [2.45, 2.75) is 32.2 Å². The van der Waals surface area contributed by atoms with Crippen molar-refractivity contribution in [2.24, 2.45) is 0 Å². The molecular formula is C21H27N3O2S. The maximum atomic E-state index is 12.2. The summed E-state index contributed by atoms with van der Waals surface area (Å²) in [5.41, 5.74) is 2.86. The first-order valence-electron chi connectivity index (χ1n) is 9.08. The Kier molecular flexibility index (Phi) is 8.71. The van der Waals surface area contributed by atoms with Gasteiger partial charge in [-0.2, -0.15) is 11.8 Å². The molecule has 27 heavy (non-hydrogen) atoms. The SMILES string of the molecule is CC(C)NC(=O)NCc1ccc(C(=O)NCCSCc2ccccc2)cc1. The fourth-order valence-electron chi connectivity index (χ4n) is 2.37. The summed E-state index contributed by atoms with van der Waals surface area (Å²) in [6, 6.07) is 17.5. The third kappa shape index (κ3) is 8.17. The average molecular weight is 386 g/mol. The van der Waals surface area contributed by atoms with Gasteiger partial charge in [-0.1, -0.05) is 42.5 Å². The van der Waals surface area contributed by atoms with Crippen LogP contribution in [0.15, 0.2) is 54.6 Å². The molecule has 2 rings (SSSR count). The number of carbonyl (C=O) groups excluding carboxylic acids is 2. The fourth-order valence-corrected chi connectivity index (χ4v) is 3.19. The zero-order valence-electron chi connectivity index (χ0n) is 15.8. The van der Waals surface area contributed by atoms with Crippen LogP contribution < -0.4 is 16.0 Å². The highest BCUT2D eigenvalue weighted by Crippen LogP contribution is 2.11. The number of carbonyl (C=O) groups is 2. The quantitative estimate of drug-likeness (QED) is 0.578. The number of hydrogen-bond acceptors (Lipinski definition) is 3. The summed E-state index contributed by atoms with van der Waals surface area (Å²) in [5.74, 6) is 1.74. The van der Waals surface area contributed by atoms with Crippen molar-refractivity contribution in [3.05, 3.63) is 71.3 Å². The normalized spacial score (nSPS) is 10.5. The molecule has 0 heterocycles. The molecule has 0 aliphatic heterocycles. The van der Waals surface area contributed by atoms with Crippen LogP contribution in [0.1, 0.15) is 35.3 Å². The summed E-state index contributed by atoms with van der Waals surface area (Å²) in [4.78, 5) is 23.8. The minimum absolute atomic E-state index is 0.0765. The molecule has 6 heteroatoms. The van der Waals surface area contributed by atoms with Crippen molar-refractivity contribution in [1.82, 2.24) is 16.0 Å². The van der Waals surface area contributed by atoms with Gasteiger partial charge in [-0.3, -0.25) is 4.79 Å². The summed E-state index contributed by atoms with van der Waals surface area (Å²) in [6.45, 7) is 4.88. The first-order chi connectivity index (χ1) is 13.0. The van der Waals surface area contributed by atoms with E-state index in [1.807, 2.05) is 44.2 Å². The monoisotopic (exact) mass is 385 g/mol. The second kappa shape index (κ2) is 11.3. The molecule has 0 saturated carbocycles. The number of amides is 3. The lowest BCUT2D eigenvalue weighted by molar-refractivity contribution is 0.0956. The molecule has 5 nitrogen and oxygen atoms in total. The lowest BCUT2D eigenvalue weighted by atomic mass is 10.1. The summed E-state index contributed by atoms with van der Waals surface area (Å²) in [6.07, 6.45) is 0. The molecule has 3 N–H and O–H groups in total. The van der Waals surface area contributed by atoms with E-state index in [9.17, 15) is 9.59 Å². The summed E-state index contributed by atoms with van der Waals surface area (Å²) >= 11 is 1.80. The van der Waals surface area contributed by atoms with Gasteiger partial charge < -0.3 is 16.0 Å². The number of hydrogen-bond donors (Lipinski definition) is 3. The van der Waals surface area contributed by atoms with Crippen molar-refractivity contribution in [2.75, 3.05) is 12.3 Å². The molecule has 3 amide bonds. The van der Waals surface area contributed by atoms with Crippen molar-refractivity contribution in [3.8, 4) is 0 Å². The van der Waals surface area contributed by atoms with Crippen molar-refractivity contribution >= 4 is 23.7 Å². The third-order valence-corrected chi connectivity index (χ3v) is 4.76. The summed E-state index contributed by atoms with van der Waals surface area (Å²) in [5, 5.41) is 8.49. The van der Waals surface area contributed by atoms with E-state index in [0.29, 0.717) is 18.7 Å². The smallest absolute Gasteiger partial charge is 0.315 e. The molecule has 0 aromatic heterocycles. The minimum Gasteiger partial charge on any atom is -0.351 e. The second-order valence-electron chi connectivity index (χ2n) is 6.47. The van der Waals surface area contributed by atoms with Gasteiger partial charge in [0.25, 0.3) is 5.91 Å². The third-order valence-electron chi connectivity index (χ3n) is 3.73. The Morgan fingerprint density at radius 3 is 2.30 bits per heavy atom. The molecule has 0 radical (unpaired) electrons. The van der Waals surface area contributed by atoms with Crippen molar-refractivity contribution in [3.63, 3.8) is 0 Å². The van der Waals surface area contributed by atoms with Crippen LogP contribution in [0.3, 0.4) is 0 Å². The molecule has 0 aliphatic carbocycles. The van der Waals surface area contributed by atoms with Gasteiger partial charge in [-0.15, -0.1) is 0 Å². The van der Waals surface area contributed by atoms with Gasteiger partial charge in [0.2, 0.25) is 0 Å². The molecule has 0 fully saturated rings. The van der Waals surface area contributed by atoms with Crippen LogP contribution in [0.4, 0.5) is 4.79 Å². The topological polar surface area (TPSA) is 70.2 Å². The molecule has 0 bridgehead atoms. The zero-order valence-corrected chi connectivity index (χ0v) is 16.6. The first kappa shape index (κ1) is 20.8. The van der Waals surface area contributed by atoms with Crippen LogP contribution >= 0.6 is 11.8 Å². The first-order valence-corrected chi connectivity index (χ1v) is 10.2. The van der Waals surface area contributed by atoms with Crippen molar-refractivity contribution < 1.29 is 9.59 Å². The molecule has 144 valence electrons. The van der Waals surface area contributed by atoms with Crippen LogP contribution in [0, 0.1) is 0 Å². The summed E-state index contributed by atoms with van der Waals surface area (Å²) < 4.78 is 0. The highest BCUT2D eigenvalue weighted by atomic mass is 32.2. The lowest BCUT2D eigenvalue weighted by Crippen LogP contribution is -2.39. The zero-order chi connectivity index (χ0) is 19.5. The van der Waals surface area contributed by atoms with E-state index < -0.39 is 0 Å². The predicted molar refractivity (Wildman–Crippen MR) is 112 cm³/mol. The lowest BCUT2D eigenvalue weighted by Gasteiger charge is -2.10. The highest BCUT2D eigenvalue weighted by Gasteiger charge is 2.06. The second-order valence-corrected chi connectivity index (χ2v) is 7.58. The van der Waals surface area contributed by atoms with E-state index >= 15 is 0 Å². The van der Waals surface area contributed by atoms with Crippen LogP contribution in [0.2, 0.25) is 0 Å². The fraction of sp³-hybridized carbons (Fsp3) is 0.333. The van der Waals surface area contributed by atoms with Crippen molar-refractivity contribution in [1.29, 1.82) is 0 Å². The predicted octanol–water partition coefficient (Wildman–Crippen LogP) is 3.56. The number of urea groups is 1. The van der Waals surface area contributed by atoms with Gasteiger partial charge in [0.1, 0.15) is 0 Å². The van der Waals surface area contributed by atoms with E-state index in [4.69, 9.17) is 0 Å². The van der Waals surface area contributed by atoms with Gasteiger partial charge in [-0.05, 0) is 37.1 Å². The van der Waals surface area contributed by atoms with E-state index in [2.05, 4.69) is 28.1 Å². The van der Waals surface area contributed by atoms with Gasteiger partial charge >= 0.3 is 6.03 Å². The molecule has 0 aliphatic rings. The number of thioether (sulfide) groups is 1. The van der Waals surface area contributed by atoms with Gasteiger partial charge in [-0.25, -0.2) is 4.79 Å². The maximum Gasteiger partial charge on any atom is 0.315 e. The number of rotatable bonds is 9. The van der Waals surface area contributed by atoms with E-state index in [1.165, 1.54) is 5.56 Å². The standard InChI is InChI=1S/C21H27N3O2S/c1-16(2)24-21(26)23-14-17-8-10-19(11-9-17)20(25)22-12-13-27-15-18-6-4-3-5-7-18/h3-11,16H,12-15H2,1-2H3,(H,22,25)(H2,23,24,26). The Morgan fingerprint density at radius 2 is 1.63 bits per heavy atom. The Hall–Kier alpha value is -2.47. The molecule has 0 saturated heterocycles. The highest BCUT2D eigenvalue weighted by molar-refractivity contribution is 7.98. The van der Waals surface area contributed by atoms with E-state index in [0.717, 1.165) is 17.1 Å². The minimum atomic E-state index is -0.195. The Morgan fingerprint density at radius 1 is 0.926 bits per heavy atom. The Bertz CT molecular complexity index is 718. The Labute approximate surface area is 165 Å². The van der Waals surface area contributed by atoms with E-state index in [-0.39, 0.29) is 18.0 Å². The number of benzene rings is 2. The average Bonchev–Trinajstić information content (AvgIpc) is 2.66. The van der Waals surface area contributed by atoms with E-state index in [1.54, 1.807) is 23.9 Å². The molecule has 2 aromatic rings. The van der Waals surface area contributed by atoms with Gasteiger partial charge in [0.15, 0.2) is 0 Å². The summed E-state index contributed by atoms with van der Waals surface area (Å²) in [7, 11) is 0. The van der Waals surface area contributed by atoms with Crippen LogP contribution in [0.25, 0.3) is 0 Å². The molecule has 0 unspecified atom stereocenters. The molecular weight excluding hydrogens is 358 g/mol. The largest absolute Gasteiger partial charge is 0.351 e.